The normalized spacial score (nSPS) is 36.1. The van der Waals surface area contributed by atoms with Crippen LogP contribution in [0.5, 0.6) is 11.5 Å². The molecule has 0 aliphatic heterocycles. The molecule has 6 rings (SSSR count). The minimum Gasteiger partial charge on any atom is -0.490 e. The Hall–Kier alpha value is -3.10. The van der Waals surface area contributed by atoms with Gasteiger partial charge in [0, 0.05) is 35.8 Å². The Bertz CT molecular complexity index is 1400. The summed E-state index contributed by atoms with van der Waals surface area (Å²) in [6.07, 6.45) is 3.66. The van der Waals surface area contributed by atoms with Crippen molar-refractivity contribution in [1.29, 1.82) is 0 Å². The number of rotatable bonds is 8. The van der Waals surface area contributed by atoms with Crippen LogP contribution in [0, 0.1) is 46.3 Å². The molecule has 2 aromatic carbocycles. The zero-order valence-corrected chi connectivity index (χ0v) is 27.2. The van der Waals surface area contributed by atoms with Crippen molar-refractivity contribution in [1.82, 2.24) is 0 Å². The van der Waals surface area contributed by atoms with Crippen molar-refractivity contribution in [2.24, 2.45) is 46.3 Å². The van der Waals surface area contributed by atoms with Crippen LogP contribution in [0.3, 0.4) is 0 Å². The van der Waals surface area contributed by atoms with Gasteiger partial charge in [-0.05, 0) is 122 Å². The maximum atomic E-state index is 12.6. The SMILES string of the molecule is C[C@H](CCC(=O)OC(F)(F)F)[C@H]1CC[C@H]2[C@@H]3CC(Oc4cccc(N)c4)C4CC(Oc5cccc(N)c5)CC[C@]4(C)[C@H]3CC[C@]12C. The maximum absolute atomic E-state index is 12.6. The van der Waals surface area contributed by atoms with Crippen molar-refractivity contribution in [3.63, 3.8) is 0 Å². The third-order valence-electron chi connectivity index (χ3n) is 12.7. The van der Waals surface area contributed by atoms with E-state index in [9.17, 15) is 18.0 Å². The molecule has 0 saturated heterocycles. The van der Waals surface area contributed by atoms with Crippen LogP contribution in [-0.2, 0) is 9.53 Å². The monoisotopic (exact) mass is 642 g/mol. The predicted molar refractivity (Wildman–Crippen MR) is 172 cm³/mol. The second-order valence-electron chi connectivity index (χ2n) is 15.2. The Kier molecular flexibility index (Phi) is 8.92. The number of ether oxygens (including phenoxy) is 3. The summed E-state index contributed by atoms with van der Waals surface area (Å²) in [7, 11) is 0. The number of hydrogen-bond donors (Lipinski definition) is 2. The number of fused-ring (bicyclic) bond motifs is 5. The topological polar surface area (TPSA) is 96.8 Å². The summed E-state index contributed by atoms with van der Waals surface area (Å²) in [5, 5.41) is 0. The molecule has 4 fully saturated rings. The lowest BCUT2D eigenvalue weighted by Gasteiger charge is -2.63. The van der Waals surface area contributed by atoms with E-state index in [1.54, 1.807) is 0 Å². The van der Waals surface area contributed by atoms with E-state index >= 15 is 0 Å². The number of anilines is 2. The minimum atomic E-state index is -4.93. The van der Waals surface area contributed by atoms with Gasteiger partial charge < -0.3 is 25.7 Å². The summed E-state index contributed by atoms with van der Waals surface area (Å²) in [4.78, 5) is 11.9. The molecule has 3 unspecified atom stereocenters. The summed E-state index contributed by atoms with van der Waals surface area (Å²) in [6, 6.07) is 15.4. The fourth-order valence-electron chi connectivity index (χ4n) is 10.7. The molecule has 46 heavy (non-hydrogen) atoms. The van der Waals surface area contributed by atoms with Gasteiger partial charge in [-0.1, -0.05) is 32.9 Å². The fraction of sp³-hybridized carbons (Fsp3) is 0.649. The summed E-state index contributed by atoms with van der Waals surface area (Å²) in [5.41, 5.74) is 13.7. The Morgan fingerprint density at radius 3 is 2.15 bits per heavy atom. The lowest BCUT2D eigenvalue weighted by atomic mass is 9.43. The minimum absolute atomic E-state index is 0.0104. The van der Waals surface area contributed by atoms with Crippen LogP contribution >= 0.6 is 0 Å². The van der Waals surface area contributed by atoms with Gasteiger partial charge in [0.1, 0.15) is 17.6 Å². The van der Waals surface area contributed by atoms with E-state index < -0.39 is 12.3 Å². The highest BCUT2D eigenvalue weighted by Gasteiger charge is 2.63. The lowest BCUT2D eigenvalue weighted by Crippen LogP contribution is -2.59. The molecule has 9 heteroatoms. The van der Waals surface area contributed by atoms with Crippen molar-refractivity contribution < 1.29 is 32.2 Å². The third kappa shape index (κ3) is 6.52. The first kappa shape index (κ1) is 32.8. The van der Waals surface area contributed by atoms with E-state index in [1.807, 2.05) is 48.5 Å². The smallest absolute Gasteiger partial charge is 0.490 e. The first-order chi connectivity index (χ1) is 21.7. The van der Waals surface area contributed by atoms with E-state index in [4.69, 9.17) is 20.9 Å². The number of carbonyl (C=O) groups is 1. The van der Waals surface area contributed by atoms with Gasteiger partial charge in [0.05, 0.1) is 6.10 Å². The van der Waals surface area contributed by atoms with E-state index in [2.05, 4.69) is 25.5 Å². The average Bonchev–Trinajstić information content (AvgIpc) is 3.33. The number of halogens is 3. The first-order valence-corrected chi connectivity index (χ1v) is 17.1. The first-order valence-electron chi connectivity index (χ1n) is 17.1. The standard InChI is InChI=1S/C37H49F3N2O4/c1-22(10-13-34(43)46-37(38,39)40)29-11-12-30-28-21-33(45-26-9-5-7-24(42)19-26)32-20-27(44-25-8-4-6-23(41)18-25)14-16-36(32,3)31(28)15-17-35(29,30)2/h4-9,18-19,22,27-33H,10-17,20-21,41-42H2,1-3H3/t22-,27?,28+,29-,30+,31+,32?,33?,35-,36-/m1/s1. The zero-order chi connectivity index (χ0) is 32.9. The largest absolute Gasteiger partial charge is 0.575 e. The molecule has 4 saturated carbocycles. The van der Waals surface area contributed by atoms with E-state index in [1.165, 1.54) is 0 Å². The van der Waals surface area contributed by atoms with Gasteiger partial charge in [0.15, 0.2) is 0 Å². The number of alkyl halides is 3. The van der Waals surface area contributed by atoms with E-state index in [0.717, 1.165) is 62.9 Å². The van der Waals surface area contributed by atoms with Gasteiger partial charge in [0.25, 0.3) is 0 Å². The Balaban J connectivity index is 1.22. The molecule has 4 aliphatic rings. The van der Waals surface area contributed by atoms with Crippen molar-refractivity contribution >= 4 is 17.3 Å². The highest BCUT2D eigenvalue weighted by Crippen LogP contribution is 2.68. The number of nitrogens with two attached hydrogens (primary N) is 2. The van der Waals surface area contributed by atoms with Crippen LogP contribution in [0.15, 0.2) is 48.5 Å². The molecule has 4 N–H and O–H groups in total. The summed E-state index contributed by atoms with van der Waals surface area (Å²) in [5.74, 6) is 2.79. The van der Waals surface area contributed by atoms with Gasteiger partial charge in [-0.3, -0.25) is 4.79 Å². The third-order valence-corrected chi connectivity index (χ3v) is 12.7. The molecule has 0 radical (unpaired) electrons. The molecule has 6 nitrogen and oxygen atoms in total. The second kappa shape index (κ2) is 12.5. The molecule has 4 aliphatic carbocycles. The van der Waals surface area contributed by atoms with Crippen molar-refractivity contribution in [3.05, 3.63) is 48.5 Å². The molecule has 0 spiro atoms. The van der Waals surface area contributed by atoms with Crippen LogP contribution in [0.1, 0.15) is 85.0 Å². The highest BCUT2D eigenvalue weighted by molar-refractivity contribution is 5.69. The second-order valence-corrected chi connectivity index (χ2v) is 15.2. The van der Waals surface area contributed by atoms with Crippen LogP contribution in [-0.4, -0.2) is 24.5 Å². The molecular weight excluding hydrogens is 593 g/mol. The summed E-state index contributed by atoms with van der Waals surface area (Å²) < 4.78 is 54.8. The maximum Gasteiger partial charge on any atom is 0.575 e. The number of nitrogen functional groups attached to an aromatic ring is 2. The van der Waals surface area contributed by atoms with Crippen LogP contribution in [0.2, 0.25) is 0 Å². The Labute approximate surface area is 270 Å². The van der Waals surface area contributed by atoms with Crippen LogP contribution in [0.4, 0.5) is 24.5 Å². The lowest BCUT2D eigenvalue weighted by molar-refractivity contribution is -0.305. The molecule has 10 atom stereocenters. The molecule has 0 aromatic heterocycles. The van der Waals surface area contributed by atoms with Crippen molar-refractivity contribution in [3.8, 4) is 11.5 Å². The van der Waals surface area contributed by atoms with Gasteiger partial charge in [0.2, 0.25) is 0 Å². The van der Waals surface area contributed by atoms with Gasteiger partial charge >= 0.3 is 12.3 Å². The average molecular weight is 643 g/mol. The fourth-order valence-corrected chi connectivity index (χ4v) is 10.7. The highest BCUT2D eigenvalue weighted by atomic mass is 19.4. The number of benzene rings is 2. The Morgan fingerprint density at radius 2 is 1.50 bits per heavy atom. The molecule has 2 aromatic rings. The quantitative estimate of drug-likeness (QED) is 0.221. The molecule has 0 amide bonds. The van der Waals surface area contributed by atoms with Gasteiger partial charge in [-0.15, -0.1) is 13.2 Å². The predicted octanol–water partition coefficient (Wildman–Crippen LogP) is 8.79. The van der Waals surface area contributed by atoms with Gasteiger partial charge in [-0.2, -0.15) is 0 Å². The zero-order valence-electron chi connectivity index (χ0n) is 27.2. The summed E-state index contributed by atoms with van der Waals surface area (Å²) in [6.45, 7) is 7.01. The van der Waals surface area contributed by atoms with Crippen molar-refractivity contribution in [2.45, 2.75) is 104 Å². The summed E-state index contributed by atoms with van der Waals surface area (Å²) >= 11 is 0. The number of esters is 1. The molecule has 0 heterocycles. The van der Waals surface area contributed by atoms with Crippen molar-refractivity contribution in [2.75, 3.05) is 11.5 Å². The van der Waals surface area contributed by atoms with Crippen LogP contribution < -0.4 is 20.9 Å². The Morgan fingerprint density at radius 1 is 0.870 bits per heavy atom. The van der Waals surface area contributed by atoms with Crippen LogP contribution in [0.25, 0.3) is 0 Å². The van der Waals surface area contributed by atoms with E-state index in [-0.39, 0.29) is 35.4 Å². The van der Waals surface area contributed by atoms with Gasteiger partial charge in [-0.25, -0.2) is 0 Å². The molecule has 252 valence electrons. The number of hydrogen-bond acceptors (Lipinski definition) is 6. The molecule has 0 bridgehead atoms. The van der Waals surface area contributed by atoms with E-state index in [0.29, 0.717) is 47.4 Å². The molecular formula is C37H49F3N2O4. The number of carbonyl (C=O) groups excluding carboxylic acids is 1.